The highest BCUT2D eigenvalue weighted by molar-refractivity contribution is 5.34. The van der Waals surface area contributed by atoms with E-state index in [1.54, 1.807) is 16.7 Å². The Labute approximate surface area is 224 Å². The maximum Gasteiger partial charge on any atom is 0.0765 e. The van der Waals surface area contributed by atoms with Gasteiger partial charge in [-0.1, -0.05) is 43.6 Å². The Kier molecular flexibility index (Phi) is 7.19. The van der Waals surface area contributed by atoms with Crippen molar-refractivity contribution < 1.29 is 19.7 Å². The molecule has 6 rings (SSSR count). The number of rotatable bonds is 5. The summed E-state index contributed by atoms with van der Waals surface area (Å²) < 4.78 is 12.9. The summed E-state index contributed by atoms with van der Waals surface area (Å²) in [5, 5.41) is 19.4. The molecule has 1 spiro atoms. The molecule has 5 nitrogen and oxygen atoms in total. The first-order valence-electron chi connectivity index (χ1n) is 15.4. The van der Waals surface area contributed by atoms with E-state index in [0.717, 1.165) is 50.6 Å². The van der Waals surface area contributed by atoms with Gasteiger partial charge in [-0.25, -0.2) is 0 Å². The van der Waals surface area contributed by atoms with Crippen LogP contribution in [0.5, 0.6) is 0 Å². The van der Waals surface area contributed by atoms with Crippen LogP contribution in [0, 0.1) is 35.0 Å². The lowest BCUT2D eigenvalue weighted by atomic mass is 9.56. The SMILES string of the molecule is CC1=C2C[C@H]3C(CC=C4C[C@@H](O)CC[C@@]43C)[C@@H]2CC[C@@]2(C1)O[C@@H]1C[C@H](C)CN(CCOCCO)[C@H]1[C@H]2C. The predicted molar refractivity (Wildman–Crippen MR) is 146 cm³/mol. The third-order valence-electron chi connectivity index (χ3n) is 12.0. The van der Waals surface area contributed by atoms with Crippen molar-refractivity contribution in [1.82, 2.24) is 4.90 Å². The Balaban J connectivity index is 1.22. The van der Waals surface area contributed by atoms with Gasteiger partial charge in [0.25, 0.3) is 0 Å². The summed E-state index contributed by atoms with van der Waals surface area (Å²) in [4.78, 5) is 2.66. The molecule has 5 heteroatoms. The lowest BCUT2D eigenvalue weighted by molar-refractivity contribution is -0.0805. The van der Waals surface area contributed by atoms with Crippen LogP contribution >= 0.6 is 0 Å². The van der Waals surface area contributed by atoms with Crippen LogP contribution in [0.3, 0.4) is 0 Å². The van der Waals surface area contributed by atoms with Gasteiger partial charge in [-0.15, -0.1) is 0 Å². The van der Waals surface area contributed by atoms with E-state index < -0.39 is 0 Å². The number of allylic oxidation sites excluding steroid dienone is 2. The van der Waals surface area contributed by atoms with E-state index >= 15 is 0 Å². The zero-order valence-corrected chi connectivity index (χ0v) is 23.8. The fraction of sp³-hybridized carbons (Fsp3) is 0.875. The second kappa shape index (κ2) is 10.0. The Morgan fingerprint density at radius 2 is 2.00 bits per heavy atom. The van der Waals surface area contributed by atoms with Gasteiger partial charge in [0.15, 0.2) is 0 Å². The molecule has 2 N–H and O–H groups in total. The normalized spacial score (nSPS) is 47.8. The summed E-state index contributed by atoms with van der Waals surface area (Å²) in [7, 11) is 0. The van der Waals surface area contributed by atoms with Crippen LogP contribution in [0.15, 0.2) is 22.8 Å². The number of aliphatic hydroxyl groups is 2. The molecule has 2 aliphatic heterocycles. The van der Waals surface area contributed by atoms with Crippen molar-refractivity contribution in [2.75, 3.05) is 32.9 Å². The summed E-state index contributed by atoms with van der Waals surface area (Å²) in [6.07, 6.45) is 13.0. The molecule has 4 aliphatic carbocycles. The smallest absolute Gasteiger partial charge is 0.0765 e. The second-order valence-corrected chi connectivity index (χ2v) is 14.1. The fourth-order valence-electron chi connectivity index (χ4n) is 10.2. The van der Waals surface area contributed by atoms with Crippen LogP contribution in [-0.2, 0) is 9.47 Å². The predicted octanol–water partition coefficient (Wildman–Crippen LogP) is 5.11. The third kappa shape index (κ3) is 4.40. The van der Waals surface area contributed by atoms with Gasteiger partial charge in [0.1, 0.15) is 0 Å². The molecule has 0 amide bonds. The van der Waals surface area contributed by atoms with E-state index in [4.69, 9.17) is 14.6 Å². The van der Waals surface area contributed by atoms with E-state index in [1.807, 2.05) is 0 Å². The van der Waals surface area contributed by atoms with E-state index in [9.17, 15) is 5.11 Å². The summed E-state index contributed by atoms with van der Waals surface area (Å²) in [6, 6.07) is 0.477. The molecule has 10 atom stereocenters. The molecule has 1 unspecified atom stereocenters. The molecular weight excluding hydrogens is 462 g/mol. The first-order chi connectivity index (χ1) is 17.8. The maximum atomic E-state index is 10.3. The first-order valence-corrected chi connectivity index (χ1v) is 15.4. The standard InChI is InChI=1S/C32H51NO4/c1-20-15-29-30(33(19-20)11-13-36-14-12-34)22(3)32(37-29)10-8-25-26-6-5-23-16-24(35)7-9-31(23,4)28(26)17-27(25)21(2)18-32/h5,20,22,24-26,28-30,34-35H,6-19H2,1-4H3/t20-,22+,24-,25-,26?,28-,29+,30-,31-,32-/m0/s1. The van der Waals surface area contributed by atoms with Crippen molar-refractivity contribution >= 4 is 0 Å². The molecule has 37 heavy (non-hydrogen) atoms. The van der Waals surface area contributed by atoms with Crippen LogP contribution in [0.25, 0.3) is 0 Å². The number of aliphatic hydroxyl groups excluding tert-OH is 2. The molecule has 208 valence electrons. The van der Waals surface area contributed by atoms with Crippen LogP contribution in [-0.4, -0.2) is 71.9 Å². The molecular formula is C32H51NO4. The number of likely N-dealkylation sites (tertiary alicyclic amines) is 1. The number of nitrogens with zero attached hydrogens (tertiary/aromatic N) is 1. The Hall–Kier alpha value is -0.720. The average molecular weight is 514 g/mol. The van der Waals surface area contributed by atoms with Crippen molar-refractivity contribution in [3.05, 3.63) is 22.8 Å². The van der Waals surface area contributed by atoms with Gasteiger partial charge in [0.05, 0.1) is 37.6 Å². The van der Waals surface area contributed by atoms with Crippen LogP contribution < -0.4 is 0 Å². The summed E-state index contributed by atoms with van der Waals surface area (Å²) >= 11 is 0. The minimum atomic E-state index is -0.128. The number of fused-ring (bicyclic) bond motifs is 6. The second-order valence-electron chi connectivity index (χ2n) is 14.1. The first kappa shape index (κ1) is 26.5. The maximum absolute atomic E-state index is 10.3. The molecule has 0 radical (unpaired) electrons. The quantitative estimate of drug-likeness (QED) is 0.395. The summed E-state index contributed by atoms with van der Waals surface area (Å²) in [5.41, 5.74) is 5.24. The van der Waals surface area contributed by atoms with Gasteiger partial charge in [-0.3, -0.25) is 4.90 Å². The van der Waals surface area contributed by atoms with E-state index in [1.165, 1.54) is 32.1 Å². The highest BCUT2D eigenvalue weighted by atomic mass is 16.5. The molecule has 0 aromatic carbocycles. The Morgan fingerprint density at radius 1 is 1.16 bits per heavy atom. The number of ether oxygens (including phenoxy) is 2. The zero-order chi connectivity index (χ0) is 25.9. The van der Waals surface area contributed by atoms with Gasteiger partial charge >= 0.3 is 0 Å². The molecule has 6 aliphatic rings. The number of piperidine rings is 1. The minimum Gasteiger partial charge on any atom is -0.394 e. The Bertz CT molecular complexity index is 930. The van der Waals surface area contributed by atoms with Gasteiger partial charge in [0.2, 0.25) is 0 Å². The van der Waals surface area contributed by atoms with Crippen molar-refractivity contribution in [2.24, 2.45) is 35.0 Å². The number of hydrogen-bond donors (Lipinski definition) is 2. The van der Waals surface area contributed by atoms with Gasteiger partial charge in [-0.2, -0.15) is 0 Å². The van der Waals surface area contributed by atoms with E-state index in [-0.39, 0.29) is 18.3 Å². The molecule has 2 saturated heterocycles. The molecule has 0 aromatic heterocycles. The lowest BCUT2D eigenvalue weighted by Crippen LogP contribution is -2.52. The van der Waals surface area contributed by atoms with Crippen LogP contribution in [0.4, 0.5) is 0 Å². The van der Waals surface area contributed by atoms with Crippen molar-refractivity contribution in [1.29, 1.82) is 0 Å². The Morgan fingerprint density at radius 3 is 2.81 bits per heavy atom. The van der Waals surface area contributed by atoms with Crippen molar-refractivity contribution in [2.45, 2.75) is 109 Å². The van der Waals surface area contributed by atoms with E-state index in [2.05, 4.69) is 38.7 Å². The molecule has 0 aromatic rings. The van der Waals surface area contributed by atoms with Gasteiger partial charge < -0.3 is 19.7 Å². The van der Waals surface area contributed by atoms with Crippen molar-refractivity contribution in [3.63, 3.8) is 0 Å². The zero-order valence-electron chi connectivity index (χ0n) is 23.8. The monoisotopic (exact) mass is 513 g/mol. The highest BCUT2D eigenvalue weighted by Gasteiger charge is 2.59. The highest BCUT2D eigenvalue weighted by Crippen LogP contribution is 2.63. The molecule has 0 bridgehead atoms. The van der Waals surface area contributed by atoms with Gasteiger partial charge in [0, 0.05) is 25.0 Å². The summed E-state index contributed by atoms with van der Waals surface area (Å²) in [6.45, 7) is 13.1. The van der Waals surface area contributed by atoms with Crippen LogP contribution in [0.2, 0.25) is 0 Å². The van der Waals surface area contributed by atoms with Crippen molar-refractivity contribution in [3.8, 4) is 0 Å². The number of hydrogen-bond acceptors (Lipinski definition) is 5. The third-order valence-corrected chi connectivity index (χ3v) is 12.0. The largest absolute Gasteiger partial charge is 0.394 e. The average Bonchev–Trinajstić information content (AvgIpc) is 3.32. The lowest BCUT2D eigenvalue weighted by Gasteiger charge is -2.49. The molecule has 2 saturated carbocycles. The fourth-order valence-corrected chi connectivity index (χ4v) is 10.2. The van der Waals surface area contributed by atoms with Crippen LogP contribution in [0.1, 0.15) is 85.5 Å². The van der Waals surface area contributed by atoms with E-state index in [0.29, 0.717) is 48.5 Å². The topological polar surface area (TPSA) is 62.2 Å². The minimum absolute atomic E-state index is 0.0327. The molecule has 4 fully saturated rings. The molecule has 2 heterocycles. The van der Waals surface area contributed by atoms with Gasteiger partial charge in [-0.05, 0) is 93.8 Å². The summed E-state index contributed by atoms with van der Waals surface area (Å²) in [5.74, 6) is 3.39.